The Morgan fingerprint density at radius 1 is 0.912 bits per heavy atom. The molecule has 2 aromatic carbocycles. The van der Waals surface area contributed by atoms with E-state index in [9.17, 15) is 4.79 Å². The highest BCUT2D eigenvalue weighted by atomic mass is 16.7. The van der Waals surface area contributed by atoms with Gasteiger partial charge in [0.25, 0.3) is 0 Å². The quantitative estimate of drug-likeness (QED) is 0.266. The maximum Gasteiger partial charge on any atom is 0.246 e. The lowest BCUT2D eigenvalue weighted by Crippen LogP contribution is -2.39. The predicted octanol–water partition coefficient (Wildman–Crippen LogP) is 6.42. The first kappa shape index (κ1) is 28.0. The number of carbonyl (C=O) groups is 1. The van der Waals surface area contributed by atoms with Crippen molar-refractivity contribution in [3.05, 3.63) is 71.8 Å². The van der Waals surface area contributed by atoms with Crippen molar-refractivity contribution in [1.82, 2.24) is 5.06 Å². The minimum Gasteiger partial charge on any atom is -0.371 e. The van der Waals surface area contributed by atoms with E-state index in [1.165, 1.54) is 12.2 Å². The standard InChI is InChI=1S/C29H43NO4/c1-6-7-14-24(3)29(34-22-26-17-12-9-13-18-26)27(33-21-25-15-10-8-11-16-25)19-23(2)20-28(31)30(4)32-5/h8-13,15-18,23-24,27,29H,6-7,14,19-22H2,1-5H3/t23-,24-,27+,29-/m1/s1. The second-order valence-electron chi connectivity index (χ2n) is 9.33. The molecule has 5 nitrogen and oxygen atoms in total. The Kier molecular flexibility index (Phi) is 12.9. The van der Waals surface area contributed by atoms with Gasteiger partial charge in [-0.2, -0.15) is 0 Å². The summed E-state index contributed by atoms with van der Waals surface area (Å²) >= 11 is 0. The Balaban J connectivity index is 2.18. The first-order chi connectivity index (χ1) is 16.4. The number of amides is 1. The largest absolute Gasteiger partial charge is 0.371 e. The minimum absolute atomic E-state index is 0.0300. The molecule has 0 heterocycles. The van der Waals surface area contributed by atoms with Gasteiger partial charge in [0.15, 0.2) is 0 Å². The van der Waals surface area contributed by atoms with Gasteiger partial charge in [0.2, 0.25) is 5.91 Å². The lowest BCUT2D eigenvalue weighted by atomic mass is 9.88. The zero-order chi connectivity index (χ0) is 24.8. The van der Waals surface area contributed by atoms with Crippen LogP contribution in [0.2, 0.25) is 0 Å². The highest BCUT2D eigenvalue weighted by Gasteiger charge is 2.31. The summed E-state index contributed by atoms with van der Waals surface area (Å²) in [5.74, 6) is 0.443. The maximum absolute atomic E-state index is 12.4. The van der Waals surface area contributed by atoms with Crippen molar-refractivity contribution in [3.8, 4) is 0 Å². The smallest absolute Gasteiger partial charge is 0.246 e. The lowest BCUT2D eigenvalue weighted by molar-refractivity contribution is -0.170. The summed E-state index contributed by atoms with van der Waals surface area (Å²) in [5.41, 5.74) is 2.29. The normalized spacial score (nSPS) is 14.9. The SMILES string of the molecule is CCCC[C@@H](C)[C@@H](OCc1ccccc1)[C@H](C[C@@H](C)CC(=O)N(C)OC)OCc1ccccc1. The van der Waals surface area contributed by atoms with Gasteiger partial charge in [-0.25, -0.2) is 5.06 Å². The summed E-state index contributed by atoms with van der Waals surface area (Å²) in [6.45, 7) is 7.66. The maximum atomic E-state index is 12.4. The van der Waals surface area contributed by atoms with Crippen LogP contribution in [0, 0.1) is 11.8 Å². The zero-order valence-corrected chi connectivity index (χ0v) is 21.6. The highest BCUT2D eigenvalue weighted by molar-refractivity contribution is 5.74. The molecule has 34 heavy (non-hydrogen) atoms. The van der Waals surface area contributed by atoms with Gasteiger partial charge in [0.05, 0.1) is 32.5 Å². The molecule has 1 amide bonds. The number of hydroxylamine groups is 2. The Morgan fingerprint density at radius 2 is 1.47 bits per heavy atom. The van der Waals surface area contributed by atoms with Crippen molar-refractivity contribution in [2.24, 2.45) is 11.8 Å². The van der Waals surface area contributed by atoms with Gasteiger partial charge in [-0.05, 0) is 35.8 Å². The van der Waals surface area contributed by atoms with Crippen LogP contribution in [0.5, 0.6) is 0 Å². The van der Waals surface area contributed by atoms with Gasteiger partial charge in [-0.3, -0.25) is 9.63 Å². The molecule has 188 valence electrons. The molecule has 5 heteroatoms. The fourth-order valence-electron chi connectivity index (χ4n) is 4.18. The van der Waals surface area contributed by atoms with E-state index >= 15 is 0 Å². The van der Waals surface area contributed by atoms with Crippen LogP contribution >= 0.6 is 0 Å². The third kappa shape index (κ3) is 9.96. The fraction of sp³-hybridized carbons (Fsp3) is 0.552. The van der Waals surface area contributed by atoms with Crippen LogP contribution < -0.4 is 0 Å². The molecule has 2 aromatic rings. The molecule has 4 atom stereocenters. The van der Waals surface area contributed by atoms with E-state index in [1.54, 1.807) is 7.05 Å². The summed E-state index contributed by atoms with van der Waals surface area (Å²) < 4.78 is 13.1. The minimum atomic E-state index is -0.119. The summed E-state index contributed by atoms with van der Waals surface area (Å²) in [7, 11) is 3.16. The molecule has 0 fully saturated rings. The molecule has 0 saturated carbocycles. The zero-order valence-electron chi connectivity index (χ0n) is 21.6. The van der Waals surface area contributed by atoms with E-state index in [0.29, 0.717) is 25.6 Å². The predicted molar refractivity (Wildman–Crippen MR) is 137 cm³/mol. The topological polar surface area (TPSA) is 48.0 Å². The molecular weight excluding hydrogens is 426 g/mol. The number of rotatable bonds is 16. The number of ether oxygens (including phenoxy) is 2. The van der Waals surface area contributed by atoms with Crippen molar-refractivity contribution in [3.63, 3.8) is 0 Å². The summed E-state index contributed by atoms with van der Waals surface area (Å²) in [4.78, 5) is 17.5. The molecule has 0 aliphatic heterocycles. The van der Waals surface area contributed by atoms with Crippen molar-refractivity contribution in [1.29, 1.82) is 0 Å². The van der Waals surface area contributed by atoms with Crippen molar-refractivity contribution in [2.45, 2.75) is 78.3 Å². The summed E-state index contributed by atoms with van der Waals surface area (Å²) in [6.07, 6.45) is 4.36. The third-order valence-corrected chi connectivity index (χ3v) is 6.32. The van der Waals surface area contributed by atoms with Crippen LogP contribution in [-0.2, 0) is 32.3 Å². The second-order valence-corrected chi connectivity index (χ2v) is 9.33. The monoisotopic (exact) mass is 469 g/mol. The molecule has 0 aliphatic rings. The van der Waals surface area contributed by atoms with Crippen molar-refractivity contribution < 1.29 is 19.1 Å². The van der Waals surface area contributed by atoms with Gasteiger partial charge in [0.1, 0.15) is 0 Å². The summed E-state index contributed by atoms with van der Waals surface area (Å²) in [5, 5.41) is 1.30. The van der Waals surface area contributed by atoms with E-state index < -0.39 is 0 Å². The lowest BCUT2D eigenvalue weighted by Gasteiger charge is -2.34. The van der Waals surface area contributed by atoms with E-state index in [0.717, 1.165) is 36.8 Å². The molecule has 0 saturated heterocycles. The Labute approximate surface area is 206 Å². The van der Waals surface area contributed by atoms with Crippen LogP contribution in [0.15, 0.2) is 60.7 Å². The summed E-state index contributed by atoms with van der Waals surface area (Å²) in [6, 6.07) is 20.5. The average molecular weight is 470 g/mol. The van der Waals surface area contributed by atoms with Gasteiger partial charge in [-0.15, -0.1) is 0 Å². The second kappa shape index (κ2) is 15.6. The van der Waals surface area contributed by atoms with Gasteiger partial charge < -0.3 is 9.47 Å². The number of carbonyl (C=O) groups excluding carboxylic acids is 1. The van der Waals surface area contributed by atoms with E-state index in [1.807, 2.05) is 36.4 Å². The molecule has 0 aliphatic carbocycles. The number of unbranched alkanes of at least 4 members (excludes halogenated alkanes) is 1. The molecular formula is C29H43NO4. The van der Waals surface area contributed by atoms with Gasteiger partial charge in [-0.1, -0.05) is 94.3 Å². The first-order valence-corrected chi connectivity index (χ1v) is 12.6. The average Bonchev–Trinajstić information content (AvgIpc) is 2.86. The number of hydrogen-bond acceptors (Lipinski definition) is 4. The van der Waals surface area contributed by atoms with Gasteiger partial charge >= 0.3 is 0 Å². The molecule has 0 radical (unpaired) electrons. The van der Waals surface area contributed by atoms with E-state index in [4.69, 9.17) is 14.3 Å². The highest BCUT2D eigenvalue weighted by Crippen LogP contribution is 2.27. The molecule has 0 bridgehead atoms. The number of hydrogen-bond donors (Lipinski definition) is 0. The molecule has 2 rings (SSSR count). The Morgan fingerprint density at radius 3 is 2.00 bits per heavy atom. The van der Waals surface area contributed by atoms with Crippen molar-refractivity contribution >= 4 is 5.91 Å². The van der Waals surface area contributed by atoms with Crippen LogP contribution in [0.4, 0.5) is 0 Å². The van der Waals surface area contributed by atoms with E-state index in [2.05, 4.69) is 45.0 Å². The molecule has 0 unspecified atom stereocenters. The van der Waals surface area contributed by atoms with E-state index in [-0.39, 0.29) is 24.0 Å². The Bertz CT molecular complexity index is 798. The molecule has 0 N–H and O–H groups in total. The van der Waals surface area contributed by atoms with Crippen LogP contribution in [0.1, 0.15) is 64.0 Å². The van der Waals surface area contributed by atoms with Gasteiger partial charge in [0, 0.05) is 13.5 Å². The molecule has 0 spiro atoms. The van der Waals surface area contributed by atoms with Crippen LogP contribution in [0.25, 0.3) is 0 Å². The third-order valence-electron chi connectivity index (χ3n) is 6.32. The number of nitrogens with zero attached hydrogens (tertiary/aromatic N) is 1. The van der Waals surface area contributed by atoms with Crippen LogP contribution in [-0.4, -0.2) is 37.3 Å². The number of benzene rings is 2. The van der Waals surface area contributed by atoms with Crippen LogP contribution in [0.3, 0.4) is 0 Å². The molecule has 0 aromatic heterocycles. The van der Waals surface area contributed by atoms with Crippen molar-refractivity contribution in [2.75, 3.05) is 14.2 Å². The Hall–Kier alpha value is -2.21. The fourth-order valence-corrected chi connectivity index (χ4v) is 4.18. The first-order valence-electron chi connectivity index (χ1n) is 12.6.